The zero-order valence-corrected chi connectivity index (χ0v) is 14.0. The third-order valence-electron chi connectivity index (χ3n) is 4.14. The first-order valence-corrected chi connectivity index (χ1v) is 7.98. The number of tetrazole rings is 1. The van der Waals surface area contributed by atoms with Crippen LogP contribution in [0.3, 0.4) is 0 Å². The lowest BCUT2D eigenvalue weighted by Gasteiger charge is -2.26. The molecule has 7 heteroatoms. The number of hydrogen-bond acceptors (Lipinski definition) is 6. The third kappa shape index (κ3) is 2.78. The van der Waals surface area contributed by atoms with Gasteiger partial charge in [0.05, 0.1) is 17.4 Å². The maximum absolute atomic E-state index is 6.36. The van der Waals surface area contributed by atoms with Crippen molar-refractivity contribution in [1.29, 1.82) is 0 Å². The summed E-state index contributed by atoms with van der Waals surface area (Å²) in [7, 11) is 0. The minimum absolute atomic E-state index is 0.326. The Bertz CT molecular complexity index is 822. The molecule has 0 amide bonds. The van der Waals surface area contributed by atoms with Crippen LogP contribution in [0.15, 0.2) is 18.5 Å². The molecule has 7 nitrogen and oxygen atoms in total. The standard InChI is InChI=1S/C16H23N7/c1-9(2)7-12(10(3)4)19-15-11-5-6-18-8-13(11)23-16(14(15)17)20-21-22-23/h5-6,8-10,12,19H,7,17H2,1-4H3. The Hall–Kier alpha value is -2.44. The quantitative estimate of drug-likeness (QED) is 0.752. The topological polar surface area (TPSA) is 94.0 Å². The van der Waals surface area contributed by atoms with Gasteiger partial charge in [-0.25, -0.2) is 0 Å². The van der Waals surface area contributed by atoms with Gasteiger partial charge in [-0.2, -0.15) is 4.52 Å². The van der Waals surface area contributed by atoms with E-state index in [0.717, 1.165) is 23.0 Å². The molecule has 0 fully saturated rings. The maximum Gasteiger partial charge on any atom is 0.204 e. The average Bonchev–Trinajstić information content (AvgIpc) is 2.99. The fourth-order valence-corrected chi connectivity index (χ4v) is 2.89. The Balaban J connectivity index is 2.16. The SMILES string of the molecule is CC(C)CC(Nc1c(N)c2nnnn2c2cnccc12)C(C)C. The molecule has 0 aliphatic heterocycles. The van der Waals surface area contributed by atoms with Crippen LogP contribution in [0.2, 0.25) is 0 Å². The van der Waals surface area contributed by atoms with E-state index in [0.29, 0.717) is 29.2 Å². The summed E-state index contributed by atoms with van der Waals surface area (Å²) < 4.78 is 1.63. The molecule has 0 aromatic carbocycles. The fourth-order valence-electron chi connectivity index (χ4n) is 2.89. The summed E-state index contributed by atoms with van der Waals surface area (Å²) in [5.74, 6) is 1.09. The maximum atomic E-state index is 6.36. The molecule has 0 bridgehead atoms. The molecule has 3 aromatic rings. The summed E-state index contributed by atoms with van der Waals surface area (Å²) >= 11 is 0. The molecular formula is C16H23N7. The number of nitrogens with zero attached hydrogens (tertiary/aromatic N) is 5. The smallest absolute Gasteiger partial charge is 0.204 e. The highest BCUT2D eigenvalue weighted by Crippen LogP contribution is 2.33. The predicted molar refractivity (Wildman–Crippen MR) is 92.2 cm³/mol. The summed E-state index contributed by atoms with van der Waals surface area (Å²) in [6, 6.07) is 2.27. The van der Waals surface area contributed by atoms with Crippen LogP contribution in [-0.4, -0.2) is 31.1 Å². The molecule has 1 unspecified atom stereocenters. The van der Waals surface area contributed by atoms with Crippen molar-refractivity contribution >= 4 is 27.9 Å². The molecule has 0 saturated heterocycles. The highest BCUT2D eigenvalue weighted by atomic mass is 15.5. The van der Waals surface area contributed by atoms with Crippen molar-refractivity contribution in [3.63, 3.8) is 0 Å². The molecule has 0 saturated carbocycles. The third-order valence-corrected chi connectivity index (χ3v) is 4.14. The van der Waals surface area contributed by atoms with E-state index in [-0.39, 0.29) is 0 Å². The second-order valence-electron chi connectivity index (χ2n) is 6.72. The van der Waals surface area contributed by atoms with Crippen molar-refractivity contribution < 1.29 is 0 Å². The molecule has 23 heavy (non-hydrogen) atoms. The second kappa shape index (κ2) is 5.98. The van der Waals surface area contributed by atoms with Crippen LogP contribution >= 0.6 is 0 Å². The van der Waals surface area contributed by atoms with Gasteiger partial charge in [-0.15, -0.1) is 5.10 Å². The number of hydrogen-bond donors (Lipinski definition) is 2. The largest absolute Gasteiger partial charge is 0.394 e. The van der Waals surface area contributed by atoms with Gasteiger partial charge in [-0.1, -0.05) is 27.7 Å². The number of nitrogens with one attached hydrogen (secondary N) is 1. The monoisotopic (exact) mass is 313 g/mol. The van der Waals surface area contributed by atoms with Crippen molar-refractivity contribution in [2.24, 2.45) is 11.8 Å². The van der Waals surface area contributed by atoms with Crippen LogP contribution in [0.4, 0.5) is 11.4 Å². The van der Waals surface area contributed by atoms with Crippen LogP contribution in [0.1, 0.15) is 34.1 Å². The highest BCUT2D eigenvalue weighted by Gasteiger charge is 2.20. The lowest BCUT2D eigenvalue weighted by molar-refractivity contribution is 0.430. The lowest BCUT2D eigenvalue weighted by Crippen LogP contribution is -2.28. The van der Waals surface area contributed by atoms with Crippen molar-refractivity contribution in [1.82, 2.24) is 25.0 Å². The number of fused-ring (bicyclic) bond motifs is 3. The van der Waals surface area contributed by atoms with Crippen molar-refractivity contribution in [3.05, 3.63) is 18.5 Å². The van der Waals surface area contributed by atoms with Gasteiger partial charge in [0, 0.05) is 17.6 Å². The Morgan fingerprint density at radius 2 is 2.04 bits per heavy atom. The molecule has 122 valence electrons. The van der Waals surface area contributed by atoms with Crippen LogP contribution in [-0.2, 0) is 0 Å². The number of pyridine rings is 2. The number of rotatable bonds is 5. The van der Waals surface area contributed by atoms with Crippen LogP contribution in [0.5, 0.6) is 0 Å². The molecule has 0 spiro atoms. The van der Waals surface area contributed by atoms with E-state index in [9.17, 15) is 0 Å². The summed E-state index contributed by atoms with van der Waals surface area (Å²) in [6.45, 7) is 8.90. The van der Waals surface area contributed by atoms with E-state index >= 15 is 0 Å². The second-order valence-corrected chi connectivity index (χ2v) is 6.72. The molecule has 0 aliphatic carbocycles. The first-order valence-electron chi connectivity index (χ1n) is 7.98. The van der Waals surface area contributed by atoms with Gasteiger partial charge in [-0.05, 0) is 34.7 Å². The number of nitrogens with two attached hydrogens (primary N) is 1. The summed E-state index contributed by atoms with van der Waals surface area (Å²) in [5.41, 5.74) is 9.23. The Labute approximate surface area is 135 Å². The van der Waals surface area contributed by atoms with Gasteiger partial charge in [-0.3, -0.25) is 4.98 Å². The number of aromatic nitrogens is 5. The van der Waals surface area contributed by atoms with Gasteiger partial charge in [0.15, 0.2) is 0 Å². The van der Waals surface area contributed by atoms with Crippen LogP contribution in [0.25, 0.3) is 16.6 Å². The minimum Gasteiger partial charge on any atom is -0.394 e. The normalized spacial score (nSPS) is 13.3. The zero-order valence-electron chi connectivity index (χ0n) is 14.0. The molecule has 3 rings (SSSR count). The van der Waals surface area contributed by atoms with E-state index in [2.05, 4.69) is 53.5 Å². The first-order chi connectivity index (χ1) is 11.0. The lowest BCUT2D eigenvalue weighted by atomic mass is 9.94. The van der Waals surface area contributed by atoms with E-state index in [4.69, 9.17) is 5.73 Å². The van der Waals surface area contributed by atoms with Gasteiger partial charge in [0.25, 0.3) is 0 Å². The Kier molecular flexibility index (Phi) is 4.02. The highest BCUT2D eigenvalue weighted by molar-refractivity contribution is 6.02. The molecule has 3 heterocycles. The number of anilines is 2. The number of nitrogen functional groups attached to an aromatic ring is 1. The molecular weight excluding hydrogens is 290 g/mol. The van der Waals surface area contributed by atoms with Crippen molar-refractivity contribution in [3.8, 4) is 0 Å². The minimum atomic E-state index is 0.326. The summed E-state index contributed by atoms with van der Waals surface area (Å²) in [4.78, 5) is 4.19. The van der Waals surface area contributed by atoms with Crippen molar-refractivity contribution in [2.75, 3.05) is 11.1 Å². The molecule has 0 aliphatic rings. The molecule has 1 atom stereocenters. The Morgan fingerprint density at radius 3 is 2.74 bits per heavy atom. The molecule has 3 N–H and O–H groups in total. The first kappa shape index (κ1) is 15.5. The van der Waals surface area contributed by atoms with Gasteiger partial charge in [0.2, 0.25) is 5.65 Å². The summed E-state index contributed by atoms with van der Waals surface area (Å²) in [5, 5.41) is 16.4. The summed E-state index contributed by atoms with van der Waals surface area (Å²) in [6.07, 6.45) is 4.59. The fraction of sp³-hybridized carbons (Fsp3) is 0.500. The van der Waals surface area contributed by atoms with E-state index in [1.165, 1.54) is 0 Å². The average molecular weight is 313 g/mol. The molecule has 0 radical (unpaired) electrons. The van der Waals surface area contributed by atoms with Crippen molar-refractivity contribution in [2.45, 2.75) is 40.2 Å². The Morgan fingerprint density at radius 1 is 1.26 bits per heavy atom. The zero-order chi connectivity index (χ0) is 16.6. The van der Waals surface area contributed by atoms with Gasteiger partial charge < -0.3 is 11.1 Å². The van der Waals surface area contributed by atoms with E-state index in [1.54, 1.807) is 16.9 Å². The van der Waals surface area contributed by atoms with Crippen LogP contribution < -0.4 is 11.1 Å². The van der Waals surface area contributed by atoms with Gasteiger partial charge >= 0.3 is 0 Å². The van der Waals surface area contributed by atoms with Crippen LogP contribution in [0, 0.1) is 11.8 Å². The molecule has 3 aromatic heterocycles. The predicted octanol–water partition coefficient (Wildman–Crippen LogP) is 2.74. The van der Waals surface area contributed by atoms with E-state index < -0.39 is 0 Å². The van der Waals surface area contributed by atoms with Gasteiger partial charge in [0.1, 0.15) is 5.69 Å². The van der Waals surface area contributed by atoms with E-state index in [1.807, 2.05) is 6.07 Å².